The Labute approximate surface area is 256 Å². The molecular weight excluding hydrogens is 550 g/mol. The molecule has 0 aromatic heterocycles. The Hall–Kier alpha value is -2.33. The fourth-order valence-electron chi connectivity index (χ4n) is 6.76. The summed E-state index contributed by atoms with van der Waals surface area (Å²) in [7, 11) is 0. The van der Waals surface area contributed by atoms with Crippen molar-refractivity contribution >= 4 is 17.7 Å². The zero-order valence-electron chi connectivity index (χ0n) is 26.5. The molecule has 9 atom stereocenters. The summed E-state index contributed by atoms with van der Waals surface area (Å²) in [5, 5.41) is 14.0. The highest BCUT2D eigenvalue weighted by molar-refractivity contribution is 5.87. The largest absolute Gasteiger partial charge is 0.459 e. The summed E-state index contributed by atoms with van der Waals surface area (Å²) in [5.41, 5.74) is 0.444. The molecule has 9 heteroatoms. The van der Waals surface area contributed by atoms with Crippen LogP contribution < -0.4 is 5.32 Å². The van der Waals surface area contributed by atoms with E-state index in [9.17, 15) is 19.5 Å². The lowest BCUT2D eigenvalue weighted by atomic mass is 9.86. The number of ether oxygens (including phenoxy) is 4. The van der Waals surface area contributed by atoms with Gasteiger partial charge < -0.3 is 29.4 Å². The minimum absolute atomic E-state index is 0.0148. The second-order valence-electron chi connectivity index (χ2n) is 13.2. The average molecular weight is 602 g/mol. The highest BCUT2D eigenvalue weighted by Crippen LogP contribution is 2.43. The molecule has 3 saturated heterocycles. The number of hydrogen-bond donors (Lipinski definition) is 2. The first-order valence-electron chi connectivity index (χ1n) is 16.1. The number of nitrogens with one attached hydrogen (secondary N) is 1. The van der Waals surface area contributed by atoms with E-state index in [-0.39, 0.29) is 47.9 Å². The molecule has 1 saturated carbocycles. The quantitative estimate of drug-likeness (QED) is 0.145. The number of ketones is 1. The molecule has 0 bridgehead atoms. The van der Waals surface area contributed by atoms with Crippen molar-refractivity contribution in [2.45, 2.75) is 141 Å². The van der Waals surface area contributed by atoms with E-state index in [1.165, 1.54) is 25.8 Å². The standard InChI is InChI=1S/C34H51NO8/c1-21(10-13-30-22(2)16-29(24(4)42-30)35-32(38)15-12-23(3)41-25(5)36)11-14-31-33(39)34(20-40-34)19-28(43-31)18-27(37)17-26-8-6-7-9-26/h10-12,14-15,22-24,26,28-31,33,39H,6-9,13,16-20H2,1-5H3,(H,35,38)/b14-11+,15-12-,21-10+/t22-,23-,24+,28+,29+,30-,31+,33+,34+/m0/s1. The molecule has 9 nitrogen and oxygen atoms in total. The maximum absolute atomic E-state index is 12.7. The van der Waals surface area contributed by atoms with Crippen molar-refractivity contribution in [3.05, 3.63) is 36.0 Å². The molecule has 0 unspecified atom stereocenters. The van der Waals surface area contributed by atoms with Gasteiger partial charge in [-0.2, -0.15) is 0 Å². The highest BCUT2D eigenvalue weighted by atomic mass is 16.6. The molecule has 1 spiro atoms. The maximum Gasteiger partial charge on any atom is 0.303 e. The van der Waals surface area contributed by atoms with Gasteiger partial charge in [-0.15, -0.1) is 0 Å². The number of carbonyl (C=O) groups is 3. The fourth-order valence-corrected chi connectivity index (χ4v) is 6.76. The first kappa shape index (κ1) is 33.6. The summed E-state index contributed by atoms with van der Waals surface area (Å²) >= 11 is 0. The van der Waals surface area contributed by atoms with Gasteiger partial charge in [-0.05, 0) is 51.5 Å². The number of epoxide rings is 1. The molecule has 4 fully saturated rings. The monoisotopic (exact) mass is 601 g/mol. The summed E-state index contributed by atoms with van der Waals surface area (Å²) in [6.45, 7) is 9.66. The molecule has 0 aromatic carbocycles. The van der Waals surface area contributed by atoms with Crippen molar-refractivity contribution in [2.75, 3.05) is 6.61 Å². The Morgan fingerprint density at radius 1 is 1.09 bits per heavy atom. The average Bonchev–Trinajstić information content (AvgIpc) is 3.52. The summed E-state index contributed by atoms with van der Waals surface area (Å²) in [6, 6.07) is -0.114. The molecule has 240 valence electrons. The van der Waals surface area contributed by atoms with Gasteiger partial charge in [0, 0.05) is 32.3 Å². The number of Topliss-reactive ketones (excluding diaryl/α,β-unsaturated/α-hetero) is 1. The van der Waals surface area contributed by atoms with Gasteiger partial charge in [-0.3, -0.25) is 14.4 Å². The number of hydrogen-bond acceptors (Lipinski definition) is 8. The lowest BCUT2D eigenvalue weighted by Gasteiger charge is -2.39. The van der Waals surface area contributed by atoms with Gasteiger partial charge in [0.15, 0.2) is 0 Å². The lowest BCUT2D eigenvalue weighted by Crippen LogP contribution is -2.50. The van der Waals surface area contributed by atoms with Gasteiger partial charge in [0.25, 0.3) is 0 Å². The molecule has 3 aliphatic heterocycles. The zero-order valence-corrected chi connectivity index (χ0v) is 26.5. The van der Waals surface area contributed by atoms with Crippen molar-refractivity contribution in [1.82, 2.24) is 5.32 Å². The van der Waals surface area contributed by atoms with E-state index >= 15 is 0 Å². The SMILES string of the molecule is CC(=O)O[C@@H](C)/C=C\C(=O)N[C@@H]1C[C@H](C)[C@H](C/C=C(C)/C=C/[C@H]2O[C@H](CC(=O)CC3CCCC3)C[C@@]3(CO3)[C@@H]2O)O[C@@H]1C. The third-order valence-corrected chi connectivity index (χ3v) is 9.37. The van der Waals surface area contributed by atoms with Crippen LogP contribution >= 0.6 is 0 Å². The minimum Gasteiger partial charge on any atom is -0.459 e. The van der Waals surface area contributed by atoms with Crippen LogP contribution in [0.5, 0.6) is 0 Å². The van der Waals surface area contributed by atoms with Gasteiger partial charge in [-0.1, -0.05) is 56.4 Å². The number of rotatable bonds is 12. The third kappa shape index (κ3) is 9.83. The van der Waals surface area contributed by atoms with Crippen LogP contribution in [-0.2, 0) is 33.3 Å². The number of allylic oxidation sites excluding steroid dienone is 2. The summed E-state index contributed by atoms with van der Waals surface area (Å²) < 4.78 is 23.2. The predicted octanol–water partition coefficient (Wildman–Crippen LogP) is 4.51. The maximum atomic E-state index is 12.7. The van der Waals surface area contributed by atoms with Crippen LogP contribution in [0.3, 0.4) is 0 Å². The Kier molecular flexibility index (Phi) is 11.8. The van der Waals surface area contributed by atoms with E-state index in [0.29, 0.717) is 31.8 Å². The predicted molar refractivity (Wildman–Crippen MR) is 162 cm³/mol. The topological polar surface area (TPSA) is 124 Å². The van der Waals surface area contributed by atoms with Crippen LogP contribution in [-0.4, -0.2) is 77.6 Å². The number of aliphatic hydroxyl groups excluding tert-OH is 1. The molecule has 1 aliphatic carbocycles. The smallest absolute Gasteiger partial charge is 0.303 e. The number of esters is 1. The van der Waals surface area contributed by atoms with Gasteiger partial charge in [0.2, 0.25) is 5.91 Å². The Morgan fingerprint density at radius 2 is 1.81 bits per heavy atom. The normalized spacial score (nSPS) is 35.9. The van der Waals surface area contributed by atoms with Crippen molar-refractivity contribution in [3.8, 4) is 0 Å². The highest BCUT2D eigenvalue weighted by Gasteiger charge is 2.58. The van der Waals surface area contributed by atoms with E-state index in [0.717, 1.165) is 31.3 Å². The first-order valence-corrected chi connectivity index (χ1v) is 16.1. The Bertz CT molecular complexity index is 1070. The van der Waals surface area contributed by atoms with Gasteiger partial charge in [-0.25, -0.2) is 0 Å². The van der Waals surface area contributed by atoms with Crippen molar-refractivity contribution in [1.29, 1.82) is 0 Å². The summed E-state index contributed by atoms with van der Waals surface area (Å²) in [5.74, 6) is 0.379. The van der Waals surface area contributed by atoms with Crippen LogP contribution in [0.2, 0.25) is 0 Å². The molecule has 0 aromatic rings. The van der Waals surface area contributed by atoms with E-state index in [4.69, 9.17) is 18.9 Å². The third-order valence-electron chi connectivity index (χ3n) is 9.37. The van der Waals surface area contributed by atoms with Crippen molar-refractivity contribution in [3.63, 3.8) is 0 Å². The minimum atomic E-state index is -0.757. The van der Waals surface area contributed by atoms with E-state index in [2.05, 4.69) is 18.3 Å². The summed E-state index contributed by atoms with van der Waals surface area (Å²) in [6.07, 6.45) is 14.7. The van der Waals surface area contributed by atoms with Gasteiger partial charge >= 0.3 is 5.97 Å². The molecule has 4 aliphatic rings. The van der Waals surface area contributed by atoms with Crippen molar-refractivity contribution < 1.29 is 38.4 Å². The first-order chi connectivity index (χ1) is 20.4. The van der Waals surface area contributed by atoms with Crippen LogP contribution in [0.1, 0.15) is 92.4 Å². The van der Waals surface area contributed by atoms with Gasteiger partial charge in [0.1, 0.15) is 29.7 Å². The second-order valence-corrected chi connectivity index (χ2v) is 13.2. The molecule has 4 rings (SSSR count). The zero-order chi connectivity index (χ0) is 31.1. The van der Waals surface area contributed by atoms with Crippen LogP contribution in [0.25, 0.3) is 0 Å². The molecule has 43 heavy (non-hydrogen) atoms. The van der Waals surface area contributed by atoms with E-state index < -0.39 is 23.9 Å². The summed E-state index contributed by atoms with van der Waals surface area (Å²) in [4.78, 5) is 36.2. The van der Waals surface area contributed by atoms with Gasteiger partial charge in [0.05, 0.1) is 31.0 Å². The van der Waals surface area contributed by atoms with Crippen LogP contribution in [0.4, 0.5) is 0 Å². The van der Waals surface area contributed by atoms with Crippen molar-refractivity contribution in [2.24, 2.45) is 11.8 Å². The molecular formula is C34H51NO8. The fraction of sp³-hybridized carbons (Fsp3) is 0.735. The van der Waals surface area contributed by atoms with E-state index in [1.54, 1.807) is 13.0 Å². The molecule has 2 N–H and O–H groups in total. The number of amides is 1. The van der Waals surface area contributed by atoms with Crippen LogP contribution in [0, 0.1) is 11.8 Å². The molecule has 0 radical (unpaired) electrons. The number of aliphatic hydroxyl groups is 1. The molecule has 1 amide bonds. The Balaban J connectivity index is 1.25. The number of carbonyl (C=O) groups excluding carboxylic acids is 3. The van der Waals surface area contributed by atoms with E-state index in [1.807, 2.05) is 26.0 Å². The second kappa shape index (κ2) is 15.1. The lowest BCUT2D eigenvalue weighted by molar-refractivity contribution is -0.145. The Morgan fingerprint density at radius 3 is 2.49 bits per heavy atom. The van der Waals surface area contributed by atoms with Crippen LogP contribution in [0.15, 0.2) is 36.0 Å². The molecule has 3 heterocycles.